The standard InChI is InChI=1S/C17H24N4O3/c1-20(2)8-5-9-21-11-12(10-15(21)22)17(24)19-14-7-4-3-6-13(14)16(18)23/h3-4,6-7,12H,5,8-11H2,1-2H3,(H2,18,23)(H,19,24). The second-order valence-electron chi connectivity index (χ2n) is 6.30. The number of rotatable bonds is 7. The zero-order valence-electron chi connectivity index (χ0n) is 14.1. The number of carbonyl (C=O) groups excluding carboxylic acids is 3. The van der Waals surface area contributed by atoms with Gasteiger partial charge in [0.05, 0.1) is 17.2 Å². The molecule has 24 heavy (non-hydrogen) atoms. The lowest BCUT2D eigenvalue weighted by molar-refractivity contribution is -0.128. The van der Waals surface area contributed by atoms with Crippen LogP contribution in [-0.2, 0) is 9.59 Å². The molecule has 0 radical (unpaired) electrons. The lowest BCUT2D eigenvalue weighted by Gasteiger charge is -2.18. The van der Waals surface area contributed by atoms with Gasteiger partial charge in [0.2, 0.25) is 11.8 Å². The fourth-order valence-corrected chi connectivity index (χ4v) is 2.78. The lowest BCUT2D eigenvalue weighted by atomic mass is 10.1. The molecule has 2 rings (SSSR count). The van der Waals surface area contributed by atoms with Gasteiger partial charge < -0.3 is 20.9 Å². The first kappa shape index (κ1) is 17.9. The van der Waals surface area contributed by atoms with Gasteiger partial charge in [-0.25, -0.2) is 0 Å². The zero-order chi connectivity index (χ0) is 17.7. The molecule has 130 valence electrons. The first-order chi connectivity index (χ1) is 11.4. The number of nitrogens with zero attached hydrogens (tertiary/aromatic N) is 2. The molecule has 1 aliphatic rings. The zero-order valence-corrected chi connectivity index (χ0v) is 14.1. The van der Waals surface area contributed by atoms with Crippen molar-refractivity contribution >= 4 is 23.4 Å². The summed E-state index contributed by atoms with van der Waals surface area (Å²) in [6.45, 7) is 1.96. The van der Waals surface area contributed by atoms with Crippen molar-refractivity contribution in [2.45, 2.75) is 12.8 Å². The number of carbonyl (C=O) groups is 3. The summed E-state index contributed by atoms with van der Waals surface area (Å²) in [5.74, 6) is -1.26. The number of nitrogens with two attached hydrogens (primary N) is 1. The third kappa shape index (κ3) is 4.55. The van der Waals surface area contributed by atoms with Crippen molar-refractivity contribution in [3.63, 3.8) is 0 Å². The monoisotopic (exact) mass is 332 g/mol. The van der Waals surface area contributed by atoms with Crippen LogP contribution in [0, 0.1) is 5.92 Å². The van der Waals surface area contributed by atoms with Crippen LogP contribution in [0.25, 0.3) is 0 Å². The molecule has 7 nitrogen and oxygen atoms in total. The molecule has 3 amide bonds. The number of nitrogens with one attached hydrogen (secondary N) is 1. The highest BCUT2D eigenvalue weighted by Crippen LogP contribution is 2.21. The summed E-state index contributed by atoms with van der Waals surface area (Å²) in [5.41, 5.74) is 5.96. The SMILES string of the molecule is CN(C)CCCN1CC(C(=O)Nc2ccccc2C(N)=O)CC1=O. The molecule has 7 heteroatoms. The van der Waals surface area contributed by atoms with E-state index in [4.69, 9.17) is 5.73 Å². The van der Waals surface area contributed by atoms with Crippen LogP contribution in [0.3, 0.4) is 0 Å². The summed E-state index contributed by atoms with van der Waals surface area (Å²) in [4.78, 5) is 39.7. The van der Waals surface area contributed by atoms with Gasteiger partial charge in [0.15, 0.2) is 0 Å². The fourth-order valence-electron chi connectivity index (χ4n) is 2.78. The van der Waals surface area contributed by atoms with Gasteiger partial charge in [0.25, 0.3) is 5.91 Å². The van der Waals surface area contributed by atoms with Crippen LogP contribution in [0.2, 0.25) is 0 Å². The maximum atomic E-state index is 12.4. The smallest absolute Gasteiger partial charge is 0.250 e. The molecule has 1 aromatic carbocycles. The van der Waals surface area contributed by atoms with Gasteiger partial charge in [-0.2, -0.15) is 0 Å². The Morgan fingerprint density at radius 1 is 1.33 bits per heavy atom. The molecule has 0 spiro atoms. The van der Waals surface area contributed by atoms with E-state index in [0.717, 1.165) is 13.0 Å². The van der Waals surface area contributed by atoms with Crippen molar-refractivity contribution in [3.8, 4) is 0 Å². The van der Waals surface area contributed by atoms with Crippen LogP contribution >= 0.6 is 0 Å². The van der Waals surface area contributed by atoms with E-state index in [0.29, 0.717) is 18.8 Å². The number of para-hydroxylation sites is 1. The lowest BCUT2D eigenvalue weighted by Crippen LogP contribution is -2.31. The topological polar surface area (TPSA) is 95.7 Å². The Labute approximate surface area is 141 Å². The largest absolute Gasteiger partial charge is 0.366 e. The molecule has 0 aliphatic carbocycles. The Morgan fingerprint density at radius 3 is 2.71 bits per heavy atom. The number of benzene rings is 1. The van der Waals surface area contributed by atoms with Gasteiger partial charge in [0.1, 0.15) is 0 Å². The van der Waals surface area contributed by atoms with E-state index >= 15 is 0 Å². The van der Waals surface area contributed by atoms with Gasteiger partial charge in [0, 0.05) is 19.5 Å². The highest BCUT2D eigenvalue weighted by Gasteiger charge is 2.34. The predicted molar refractivity (Wildman–Crippen MR) is 91.4 cm³/mol. The molecule has 3 N–H and O–H groups in total. The summed E-state index contributed by atoms with van der Waals surface area (Å²) in [6, 6.07) is 6.59. The van der Waals surface area contributed by atoms with E-state index < -0.39 is 11.8 Å². The maximum Gasteiger partial charge on any atom is 0.250 e. The predicted octanol–water partition coefficient (Wildman–Crippen LogP) is 0.524. The Kier molecular flexibility index (Phi) is 5.92. The summed E-state index contributed by atoms with van der Waals surface area (Å²) < 4.78 is 0. The van der Waals surface area contributed by atoms with Crippen LogP contribution in [0.15, 0.2) is 24.3 Å². The van der Waals surface area contributed by atoms with Crippen LogP contribution in [0.1, 0.15) is 23.2 Å². The summed E-state index contributed by atoms with van der Waals surface area (Å²) in [6.07, 6.45) is 1.07. The summed E-state index contributed by atoms with van der Waals surface area (Å²) in [7, 11) is 3.97. The first-order valence-electron chi connectivity index (χ1n) is 8.00. The molecule has 0 bridgehead atoms. The van der Waals surface area contributed by atoms with Gasteiger partial charge in [-0.15, -0.1) is 0 Å². The Bertz CT molecular complexity index is 630. The van der Waals surface area contributed by atoms with Crippen LogP contribution in [-0.4, -0.2) is 61.3 Å². The average Bonchev–Trinajstić information content (AvgIpc) is 2.88. The molecule has 0 aromatic heterocycles. The molecule has 1 unspecified atom stereocenters. The van der Waals surface area contributed by atoms with E-state index in [1.54, 1.807) is 29.2 Å². The van der Waals surface area contributed by atoms with Crippen LogP contribution < -0.4 is 11.1 Å². The Morgan fingerprint density at radius 2 is 2.04 bits per heavy atom. The van der Waals surface area contributed by atoms with Crippen LogP contribution in [0.5, 0.6) is 0 Å². The van der Waals surface area contributed by atoms with E-state index in [-0.39, 0.29) is 23.8 Å². The van der Waals surface area contributed by atoms with Crippen molar-refractivity contribution < 1.29 is 14.4 Å². The molecule has 1 atom stereocenters. The quantitative estimate of drug-likeness (QED) is 0.761. The van der Waals surface area contributed by atoms with Gasteiger partial charge >= 0.3 is 0 Å². The average molecular weight is 332 g/mol. The van der Waals surface area contributed by atoms with Crippen molar-refractivity contribution in [2.24, 2.45) is 11.7 Å². The minimum absolute atomic E-state index is 0.00269. The molecule has 1 fully saturated rings. The number of amides is 3. The normalized spacial score (nSPS) is 17.4. The first-order valence-corrected chi connectivity index (χ1v) is 8.00. The third-order valence-electron chi connectivity index (χ3n) is 4.07. The van der Waals surface area contributed by atoms with Gasteiger partial charge in [-0.3, -0.25) is 14.4 Å². The minimum atomic E-state index is -0.598. The number of primary amides is 1. The second kappa shape index (κ2) is 7.92. The number of likely N-dealkylation sites (tertiary alicyclic amines) is 1. The van der Waals surface area contributed by atoms with E-state index in [1.807, 2.05) is 14.1 Å². The highest BCUT2D eigenvalue weighted by atomic mass is 16.2. The summed E-state index contributed by atoms with van der Waals surface area (Å²) >= 11 is 0. The molecular formula is C17H24N4O3. The van der Waals surface area contributed by atoms with Crippen molar-refractivity contribution in [3.05, 3.63) is 29.8 Å². The third-order valence-corrected chi connectivity index (χ3v) is 4.07. The van der Waals surface area contributed by atoms with E-state index in [2.05, 4.69) is 10.2 Å². The van der Waals surface area contributed by atoms with Crippen molar-refractivity contribution in [1.82, 2.24) is 9.80 Å². The van der Waals surface area contributed by atoms with Gasteiger partial charge in [-0.1, -0.05) is 12.1 Å². The van der Waals surface area contributed by atoms with Crippen LogP contribution in [0.4, 0.5) is 5.69 Å². The number of hydrogen-bond donors (Lipinski definition) is 2. The Hall–Kier alpha value is -2.41. The summed E-state index contributed by atoms with van der Waals surface area (Å²) in [5, 5.41) is 2.72. The Balaban J connectivity index is 1.94. The van der Waals surface area contributed by atoms with Crippen molar-refractivity contribution in [2.75, 3.05) is 39.0 Å². The molecule has 1 aromatic rings. The molecule has 1 aliphatic heterocycles. The van der Waals surface area contributed by atoms with Gasteiger partial charge in [-0.05, 0) is 39.2 Å². The second-order valence-corrected chi connectivity index (χ2v) is 6.30. The highest BCUT2D eigenvalue weighted by molar-refractivity contribution is 6.04. The van der Waals surface area contributed by atoms with E-state index in [1.165, 1.54) is 0 Å². The maximum absolute atomic E-state index is 12.4. The number of anilines is 1. The number of hydrogen-bond acceptors (Lipinski definition) is 4. The fraction of sp³-hybridized carbons (Fsp3) is 0.471. The molecule has 1 heterocycles. The molecule has 1 saturated heterocycles. The van der Waals surface area contributed by atoms with E-state index in [9.17, 15) is 14.4 Å². The molecule has 0 saturated carbocycles. The van der Waals surface area contributed by atoms with Crippen molar-refractivity contribution in [1.29, 1.82) is 0 Å². The minimum Gasteiger partial charge on any atom is -0.366 e. The molecular weight excluding hydrogens is 308 g/mol.